The van der Waals surface area contributed by atoms with E-state index in [1.165, 1.54) is 11.6 Å². The molecule has 0 aromatic heterocycles. The van der Waals surface area contributed by atoms with Crippen LogP contribution in [0.3, 0.4) is 0 Å². The third-order valence-corrected chi connectivity index (χ3v) is 5.48. The Morgan fingerprint density at radius 1 is 0.867 bits per heavy atom. The lowest BCUT2D eigenvalue weighted by Gasteiger charge is -2.26. The van der Waals surface area contributed by atoms with Crippen LogP contribution in [-0.2, 0) is 20.7 Å². The number of hydrogen-bond donors (Lipinski definition) is 0. The van der Waals surface area contributed by atoms with Gasteiger partial charge in [0.25, 0.3) is 0 Å². The highest BCUT2D eigenvalue weighted by molar-refractivity contribution is 6.07. The van der Waals surface area contributed by atoms with Gasteiger partial charge in [-0.2, -0.15) is 0 Å². The van der Waals surface area contributed by atoms with E-state index in [1.807, 2.05) is 60.7 Å². The number of carbonyl (C=O) groups excluding carboxylic acids is 2. The summed E-state index contributed by atoms with van der Waals surface area (Å²) in [6.07, 6.45) is 4.62. The molecule has 1 aliphatic heterocycles. The van der Waals surface area contributed by atoms with Crippen LogP contribution in [0.2, 0.25) is 0 Å². The summed E-state index contributed by atoms with van der Waals surface area (Å²) in [6, 6.07) is 28.3. The van der Waals surface area contributed by atoms with Gasteiger partial charge in [-0.25, -0.2) is 0 Å². The van der Waals surface area contributed by atoms with E-state index >= 15 is 0 Å². The summed E-state index contributed by atoms with van der Waals surface area (Å²) in [4.78, 5) is 24.9. The molecule has 1 aliphatic rings. The standard InChI is InChI=1S/C27H24O3/c28-26(16-13-20-11-14-24(15-12-20)23-9-5-2-6-10-23)25-18-22(19-30-27(25)29)17-21-7-3-1-4-8-21/h1-16,22,25H,17-19H2/b16-13+/t22-,25?/m1/s1. The Balaban J connectivity index is 1.39. The molecule has 30 heavy (non-hydrogen) atoms. The molecule has 1 unspecified atom stereocenters. The zero-order chi connectivity index (χ0) is 20.8. The number of hydrogen-bond acceptors (Lipinski definition) is 3. The van der Waals surface area contributed by atoms with Gasteiger partial charge in [-0.1, -0.05) is 91.0 Å². The van der Waals surface area contributed by atoms with E-state index in [2.05, 4.69) is 24.3 Å². The molecule has 1 fully saturated rings. The van der Waals surface area contributed by atoms with Crippen molar-refractivity contribution < 1.29 is 14.3 Å². The molecule has 4 rings (SSSR count). The Labute approximate surface area is 177 Å². The largest absolute Gasteiger partial charge is 0.465 e. The number of esters is 1. The Hall–Kier alpha value is -3.46. The Kier molecular flexibility index (Phi) is 6.19. The van der Waals surface area contributed by atoms with Gasteiger partial charge in [0.1, 0.15) is 5.92 Å². The minimum absolute atomic E-state index is 0.164. The van der Waals surface area contributed by atoms with E-state index in [-0.39, 0.29) is 11.7 Å². The van der Waals surface area contributed by atoms with Crippen molar-refractivity contribution in [2.45, 2.75) is 12.8 Å². The summed E-state index contributed by atoms with van der Waals surface area (Å²) in [5.41, 5.74) is 4.39. The van der Waals surface area contributed by atoms with Gasteiger partial charge in [-0.15, -0.1) is 0 Å². The fourth-order valence-corrected chi connectivity index (χ4v) is 3.83. The third-order valence-electron chi connectivity index (χ3n) is 5.48. The molecule has 0 radical (unpaired) electrons. The first-order chi connectivity index (χ1) is 14.7. The summed E-state index contributed by atoms with van der Waals surface area (Å²) in [5, 5.41) is 0. The van der Waals surface area contributed by atoms with Crippen LogP contribution in [0.1, 0.15) is 17.5 Å². The van der Waals surface area contributed by atoms with Crippen LogP contribution in [0, 0.1) is 11.8 Å². The fourth-order valence-electron chi connectivity index (χ4n) is 3.83. The van der Waals surface area contributed by atoms with Crippen LogP contribution in [-0.4, -0.2) is 18.4 Å². The van der Waals surface area contributed by atoms with Crippen molar-refractivity contribution in [3.63, 3.8) is 0 Å². The second-order valence-corrected chi connectivity index (χ2v) is 7.70. The molecule has 0 amide bonds. The SMILES string of the molecule is O=C(/C=C/c1ccc(-c2ccccc2)cc1)C1C[C@@H](Cc2ccccc2)COC1=O. The highest BCUT2D eigenvalue weighted by atomic mass is 16.5. The van der Waals surface area contributed by atoms with Gasteiger partial charge < -0.3 is 4.74 Å². The number of ketones is 1. The third kappa shape index (κ3) is 4.93. The van der Waals surface area contributed by atoms with Gasteiger partial charge in [0.2, 0.25) is 0 Å². The van der Waals surface area contributed by atoms with E-state index in [0.717, 1.165) is 23.1 Å². The topological polar surface area (TPSA) is 43.4 Å². The second-order valence-electron chi connectivity index (χ2n) is 7.70. The summed E-state index contributed by atoms with van der Waals surface area (Å²) in [5.74, 6) is -1.15. The molecule has 1 saturated heterocycles. The predicted octanol–water partition coefficient (Wildman–Crippen LogP) is 5.36. The average molecular weight is 396 g/mol. The summed E-state index contributed by atoms with van der Waals surface area (Å²) in [7, 11) is 0. The molecule has 1 heterocycles. The van der Waals surface area contributed by atoms with E-state index in [0.29, 0.717) is 13.0 Å². The lowest BCUT2D eigenvalue weighted by molar-refractivity contribution is -0.158. The van der Waals surface area contributed by atoms with Gasteiger partial charge in [-0.3, -0.25) is 9.59 Å². The van der Waals surface area contributed by atoms with Crippen molar-refractivity contribution >= 4 is 17.8 Å². The summed E-state index contributed by atoms with van der Waals surface area (Å²) in [6.45, 7) is 0.377. The minimum atomic E-state index is -0.715. The Morgan fingerprint density at radius 2 is 1.50 bits per heavy atom. The van der Waals surface area contributed by atoms with Gasteiger partial charge >= 0.3 is 5.97 Å². The molecular formula is C27H24O3. The molecule has 3 aromatic rings. The molecular weight excluding hydrogens is 372 g/mol. The second kappa shape index (κ2) is 9.36. The summed E-state index contributed by atoms with van der Waals surface area (Å²) >= 11 is 0. The van der Waals surface area contributed by atoms with Crippen molar-refractivity contribution in [2.24, 2.45) is 11.8 Å². The molecule has 0 saturated carbocycles. The molecule has 2 atom stereocenters. The highest BCUT2D eigenvalue weighted by Crippen LogP contribution is 2.26. The van der Waals surface area contributed by atoms with Crippen LogP contribution in [0.4, 0.5) is 0 Å². The van der Waals surface area contributed by atoms with Crippen molar-refractivity contribution in [1.29, 1.82) is 0 Å². The number of allylic oxidation sites excluding steroid dienone is 1. The maximum atomic E-state index is 12.7. The van der Waals surface area contributed by atoms with Gasteiger partial charge in [-0.05, 0) is 47.1 Å². The van der Waals surface area contributed by atoms with Crippen molar-refractivity contribution in [2.75, 3.05) is 6.61 Å². The molecule has 3 aromatic carbocycles. The normalized spacial score (nSPS) is 18.9. The Morgan fingerprint density at radius 3 is 2.20 bits per heavy atom. The van der Waals surface area contributed by atoms with Crippen LogP contribution in [0.15, 0.2) is 91.0 Å². The Bertz CT molecular complexity index is 1020. The van der Waals surface area contributed by atoms with Crippen molar-refractivity contribution in [3.8, 4) is 11.1 Å². The van der Waals surface area contributed by atoms with Crippen molar-refractivity contribution in [1.82, 2.24) is 0 Å². The first kappa shape index (κ1) is 19.8. The van der Waals surface area contributed by atoms with E-state index in [4.69, 9.17) is 4.74 Å². The average Bonchev–Trinajstić information content (AvgIpc) is 2.80. The smallest absolute Gasteiger partial charge is 0.316 e. The number of rotatable bonds is 6. The monoisotopic (exact) mass is 396 g/mol. The maximum Gasteiger partial charge on any atom is 0.316 e. The van der Waals surface area contributed by atoms with Gasteiger partial charge in [0.05, 0.1) is 6.61 Å². The molecule has 3 nitrogen and oxygen atoms in total. The van der Waals surface area contributed by atoms with Crippen molar-refractivity contribution in [3.05, 3.63) is 102 Å². The molecule has 3 heteroatoms. The molecule has 0 aliphatic carbocycles. The quantitative estimate of drug-likeness (QED) is 0.320. The number of carbonyl (C=O) groups is 2. The lowest BCUT2D eigenvalue weighted by Crippen LogP contribution is -2.35. The van der Waals surface area contributed by atoms with Gasteiger partial charge in [0, 0.05) is 0 Å². The molecule has 150 valence electrons. The lowest BCUT2D eigenvalue weighted by atomic mass is 9.85. The van der Waals surface area contributed by atoms with Crippen LogP contribution < -0.4 is 0 Å². The number of ether oxygens (including phenoxy) is 1. The van der Waals surface area contributed by atoms with Crippen LogP contribution >= 0.6 is 0 Å². The predicted molar refractivity (Wildman–Crippen MR) is 119 cm³/mol. The van der Waals surface area contributed by atoms with E-state index in [1.54, 1.807) is 6.08 Å². The highest BCUT2D eigenvalue weighted by Gasteiger charge is 2.34. The first-order valence-corrected chi connectivity index (χ1v) is 10.3. The van der Waals surface area contributed by atoms with E-state index in [9.17, 15) is 9.59 Å². The number of cyclic esters (lactones) is 1. The zero-order valence-electron chi connectivity index (χ0n) is 16.7. The fraction of sp³-hybridized carbons (Fsp3) is 0.185. The van der Waals surface area contributed by atoms with Crippen LogP contribution in [0.25, 0.3) is 17.2 Å². The molecule has 0 N–H and O–H groups in total. The summed E-state index contributed by atoms with van der Waals surface area (Å²) < 4.78 is 5.32. The van der Waals surface area contributed by atoms with Crippen LogP contribution in [0.5, 0.6) is 0 Å². The maximum absolute atomic E-state index is 12.7. The molecule has 0 bridgehead atoms. The minimum Gasteiger partial charge on any atom is -0.465 e. The zero-order valence-corrected chi connectivity index (χ0v) is 16.7. The van der Waals surface area contributed by atoms with E-state index < -0.39 is 11.9 Å². The molecule has 0 spiro atoms. The number of benzene rings is 3. The first-order valence-electron chi connectivity index (χ1n) is 10.3. The van der Waals surface area contributed by atoms with Gasteiger partial charge in [0.15, 0.2) is 5.78 Å².